The first kappa shape index (κ1) is 23.0. The predicted molar refractivity (Wildman–Crippen MR) is 130 cm³/mol. The van der Waals surface area contributed by atoms with Gasteiger partial charge in [0, 0.05) is 16.1 Å². The zero-order chi connectivity index (χ0) is 22.9. The average Bonchev–Trinajstić information content (AvgIpc) is 3.29. The molecule has 0 spiro atoms. The van der Waals surface area contributed by atoms with E-state index in [0.29, 0.717) is 17.4 Å². The molecule has 1 saturated heterocycles. The van der Waals surface area contributed by atoms with E-state index in [1.54, 1.807) is 0 Å². The number of nitrogens with zero attached hydrogens (tertiary/aromatic N) is 3. The monoisotopic (exact) mass is 534 g/mol. The number of halogens is 1. The van der Waals surface area contributed by atoms with Crippen molar-refractivity contribution in [3.05, 3.63) is 58.1 Å². The van der Waals surface area contributed by atoms with Crippen LogP contribution in [-0.4, -0.2) is 52.4 Å². The number of aromatic nitrogens is 3. The van der Waals surface area contributed by atoms with Gasteiger partial charge < -0.3 is 5.32 Å². The first-order chi connectivity index (χ1) is 15.2. The molecular formula is C22H23BrN4O3S2. The molecule has 7 nitrogen and oxygen atoms in total. The van der Waals surface area contributed by atoms with Crippen LogP contribution in [0.2, 0.25) is 0 Å². The molecule has 1 aliphatic heterocycles. The summed E-state index contributed by atoms with van der Waals surface area (Å²) in [5.74, 6) is 0.739. The van der Waals surface area contributed by atoms with E-state index in [2.05, 4.69) is 49.6 Å². The maximum absolute atomic E-state index is 12.5. The van der Waals surface area contributed by atoms with Gasteiger partial charge in [0.15, 0.2) is 20.8 Å². The molecule has 1 N–H and O–H groups in total. The van der Waals surface area contributed by atoms with Crippen molar-refractivity contribution in [2.24, 2.45) is 0 Å². The number of carbonyl (C=O) groups excluding carboxylic acids is 1. The topological polar surface area (TPSA) is 94.0 Å². The molecule has 3 aromatic rings. The molecule has 0 unspecified atom stereocenters. The van der Waals surface area contributed by atoms with Crippen LogP contribution in [0.5, 0.6) is 0 Å². The van der Waals surface area contributed by atoms with Crippen LogP contribution < -0.4 is 5.32 Å². The lowest BCUT2D eigenvalue weighted by Gasteiger charge is -2.13. The molecule has 0 bridgehead atoms. The SMILES string of the molecule is Cc1cc(C)cc(-n2c(SCC(=O)N[C@H]3CCS(=O)(=O)C3)nnc2-c2ccc(Br)cc2)c1. The molecule has 1 atom stereocenters. The second-order valence-electron chi connectivity index (χ2n) is 7.95. The maximum Gasteiger partial charge on any atom is 0.230 e. The summed E-state index contributed by atoms with van der Waals surface area (Å²) in [6.07, 6.45) is 0.463. The first-order valence-electron chi connectivity index (χ1n) is 10.1. The summed E-state index contributed by atoms with van der Waals surface area (Å²) in [5.41, 5.74) is 4.07. The van der Waals surface area contributed by atoms with E-state index < -0.39 is 9.84 Å². The van der Waals surface area contributed by atoms with Crippen molar-refractivity contribution in [1.29, 1.82) is 0 Å². The molecule has 1 aromatic heterocycles. The molecule has 10 heteroatoms. The van der Waals surface area contributed by atoms with Crippen LogP contribution in [-0.2, 0) is 14.6 Å². The zero-order valence-electron chi connectivity index (χ0n) is 17.7. The van der Waals surface area contributed by atoms with Crippen LogP contribution >= 0.6 is 27.7 Å². The van der Waals surface area contributed by atoms with E-state index in [4.69, 9.17) is 0 Å². The van der Waals surface area contributed by atoms with Crippen molar-refractivity contribution in [2.75, 3.05) is 17.3 Å². The van der Waals surface area contributed by atoms with Crippen LogP contribution in [0, 0.1) is 13.8 Å². The maximum atomic E-state index is 12.5. The molecule has 1 fully saturated rings. The van der Waals surface area contributed by atoms with E-state index in [1.807, 2.05) is 42.7 Å². The molecule has 1 aliphatic rings. The molecule has 0 aliphatic carbocycles. The van der Waals surface area contributed by atoms with Crippen LogP contribution in [0.4, 0.5) is 0 Å². The minimum atomic E-state index is -3.04. The third kappa shape index (κ3) is 5.41. The lowest BCUT2D eigenvalue weighted by atomic mass is 10.1. The standard InChI is InChI=1S/C22H23BrN4O3S2/c1-14-9-15(2)11-19(10-14)27-21(16-3-5-17(23)6-4-16)25-26-22(27)31-12-20(28)24-18-7-8-32(29,30)13-18/h3-6,9-11,18H,7-8,12-13H2,1-2H3,(H,24,28)/t18-/m0/s1. The quantitative estimate of drug-likeness (QED) is 0.484. The zero-order valence-corrected chi connectivity index (χ0v) is 20.9. The highest BCUT2D eigenvalue weighted by molar-refractivity contribution is 9.10. The molecule has 2 aromatic carbocycles. The van der Waals surface area contributed by atoms with Crippen molar-refractivity contribution in [2.45, 2.75) is 31.5 Å². The van der Waals surface area contributed by atoms with Gasteiger partial charge in [-0.1, -0.05) is 45.9 Å². The van der Waals surface area contributed by atoms with Crippen molar-refractivity contribution < 1.29 is 13.2 Å². The Labute approximate surface area is 200 Å². The van der Waals surface area contributed by atoms with Gasteiger partial charge in [-0.25, -0.2) is 8.42 Å². The molecule has 0 saturated carbocycles. The van der Waals surface area contributed by atoms with Gasteiger partial charge >= 0.3 is 0 Å². The minimum Gasteiger partial charge on any atom is -0.352 e. The Morgan fingerprint density at radius 1 is 1.16 bits per heavy atom. The van der Waals surface area contributed by atoms with E-state index in [9.17, 15) is 13.2 Å². The number of thioether (sulfide) groups is 1. The third-order valence-corrected chi connectivity index (χ3v) is 8.36. The lowest BCUT2D eigenvalue weighted by molar-refractivity contribution is -0.119. The Morgan fingerprint density at radius 3 is 2.47 bits per heavy atom. The summed E-state index contributed by atoms with van der Waals surface area (Å²) in [6.45, 7) is 4.08. The van der Waals surface area contributed by atoms with Gasteiger partial charge in [0.1, 0.15) is 0 Å². The highest BCUT2D eigenvalue weighted by Gasteiger charge is 2.29. The van der Waals surface area contributed by atoms with E-state index in [-0.39, 0.29) is 29.2 Å². The van der Waals surface area contributed by atoms with E-state index in [1.165, 1.54) is 11.8 Å². The summed E-state index contributed by atoms with van der Waals surface area (Å²) in [4.78, 5) is 12.5. The number of hydrogen-bond acceptors (Lipinski definition) is 6. The van der Waals surface area contributed by atoms with Gasteiger partial charge in [-0.2, -0.15) is 0 Å². The molecule has 2 heterocycles. The minimum absolute atomic E-state index is 0.00979. The number of amides is 1. The summed E-state index contributed by atoms with van der Waals surface area (Å²) in [7, 11) is -3.04. The van der Waals surface area contributed by atoms with Gasteiger partial charge in [0.25, 0.3) is 0 Å². The van der Waals surface area contributed by atoms with Gasteiger partial charge in [-0.15, -0.1) is 10.2 Å². The number of sulfone groups is 1. The van der Waals surface area contributed by atoms with Crippen molar-refractivity contribution in [3.8, 4) is 17.1 Å². The summed E-state index contributed by atoms with van der Waals surface area (Å²) in [5, 5.41) is 12.2. The van der Waals surface area contributed by atoms with Gasteiger partial charge in [0.05, 0.1) is 22.9 Å². The van der Waals surface area contributed by atoms with E-state index in [0.717, 1.165) is 26.9 Å². The van der Waals surface area contributed by atoms with Gasteiger partial charge in [-0.05, 0) is 55.7 Å². The fraction of sp³-hybridized carbons (Fsp3) is 0.318. The van der Waals surface area contributed by atoms with Crippen molar-refractivity contribution in [3.63, 3.8) is 0 Å². The van der Waals surface area contributed by atoms with Crippen molar-refractivity contribution in [1.82, 2.24) is 20.1 Å². The number of rotatable bonds is 6. The van der Waals surface area contributed by atoms with Crippen LogP contribution in [0.3, 0.4) is 0 Å². The Bertz CT molecular complexity index is 1240. The summed E-state index contributed by atoms with van der Waals surface area (Å²) in [6, 6.07) is 13.7. The normalized spacial score (nSPS) is 17.4. The number of benzene rings is 2. The molecule has 168 valence electrons. The molecular weight excluding hydrogens is 512 g/mol. The smallest absolute Gasteiger partial charge is 0.230 e. The summed E-state index contributed by atoms with van der Waals surface area (Å²) < 4.78 is 26.2. The number of aryl methyl sites for hydroxylation is 2. The van der Waals surface area contributed by atoms with Gasteiger partial charge in [-0.3, -0.25) is 9.36 Å². The fourth-order valence-corrected chi connectivity index (χ4v) is 6.47. The number of carbonyl (C=O) groups is 1. The van der Waals surface area contributed by atoms with Gasteiger partial charge in [0.2, 0.25) is 5.91 Å². The number of hydrogen-bond donors (Lipinski definition) is 1. The third-order valence-electron chi connectivity index (χ3n) is 5.13. The number of nitrogens with one attached hydrogen (secondary N) is 1. The van der Waals surface area contributed by atoms with Crippen molar-refractivity contribution >= 4 is 43.4 Å². The molecule has 1 amide bonds. The van der Waals surface area contributed by atoms with Crippen LogP contribution in [0.25, 0.3) is 17.1 Å². The van der Waals surface area contributed by atoms with Crippen LogP contribution in [0.15, 0.2) is 52.1 Å². The average molecular weight is 535 g/mol. The first-order valence-corrected chi connectivity index (χ1v) is 13.7. The van der Waals surface area contributed by atoms with Crippen LogP contribution in [0.1, 0.15) is 17.5 Å². The summed E-state index contributed by atoms with van der Waals surface area (Å²) >= 11 is 4.74. The molecule has 4 rings (SSSR count). The molecule has 0 radical (unpaired) electrons. The Hall–Kier alpha value is -2.17. The lowest BCUT2D eigenvalue weighted by Crippen LogP contribution is -2.36. The second kappa shape index (κ2) is 9.36. The Morgan fingerprint density at radius 2 is 1.84 bits per heavy atom. The predicted octanol–water partition coefficient (Wildman–Crippen LogP) is 3.71. The Kier molecular flexibility index (Phi) is 6.73. The fourth-order valence-electron chi connectivity index (χ4n) is 3.77. The highest BCUT2D eigenvalue weighted by Crippen LogP contribution is 2.29. The largest absolute Gasteiger partial charge is 0.352 e. The highest BCUT2D eigenvalue weighted by atomic mass is 79.9. The molecule has 32 heavy (non-hydrogen) atoms. The van der Waals surface area contributed by atoms with E-state index >= 15 is 0 Å². The Balaban J connectivity index is 1.60. The second-order valence-corrected chi connectivity index (χ2v) is 12.0.